The molecule has 0 bridgehead atoms. The van der Waals surface area contributed by atoms with Gasteiger partial charge in [0.25, 0.3) is 11.8 Å². The minimum absolute atomic E-state index is 0.0223. The fraction of sp³-hybridized carbons (Fsp3) is 0.179. The van der Waals surface area contributed by atoms with Crippen molar-refractivity contribution < 1.29 is 14.4 Å². The molecule has 0 spiro atoms. The molecule has 2 aliphatic rings. The highest BCUT2D eigenvalue weighted by atomic mass is 35.5. The standard InChI is InChI=1S/C28H23Cl2N3O3/c29-22-12-10-21(11-13-22)28(36)32-17-23-24(30)4-3-5-25(23)33(26(34)18-32)16-19-6-8-20(9-7-19)27(35)31-14-1-2-15-31/h1-13H,14-18H2. The first-order valence-electron chi connectivity index (χ1n) is 11.6. The molecule has 0 radical (unpaired) electrons. The molecule has 3 aromatic carbocycles. The number of hydrogen-bond acceptors (Lipinski definition) is 3. The number of fused-ring (bicyclic) bond motifs is 1. The first kappa shape index (κ1) is 24.1. The highest BCUT2D eigenvalue weighted by molar-refractivity contribution is 6.32. The second-order valence-electron chi connectivity index (χ2n) is 8.76. The predicted octanol–water partition coefficient (Wildman–Crippen LogP) is 5.19. The molecule has 0 saturated carbocycles. The van der Waals surface area contributed by atoms with Crippen LogP contribution in [0.3, 0.4) is 0 Å². The van der Waals surface area contributed by atoms with Crippen molar-refractivity contribution >= 4 is 46.6 Å². The second-order valence-corrected chi connectivity index (χ2v) is 9.61. The predicted molar refractivity (Wildman–Crippen MR) is 140 cm³/mol. The fourth-order valence-corrected chi connectivity index (χ4v) is 4.80. The van der Waals surface area contributed by atoms with E-state index in [0.29, 0.717) is 45.5 Å². The van der Waals surface area contributed by atoms with Gasteiger partial charge in [-0.15, -0.1) is 0 Å². The van der Waals surface area contributed by atoms with E-state index in [1.807, 2.05) is 30.4 Å². The molecule has 0 aliphatic carbocycles. The van der Waals surface area contributed by atoms with Gasteiger partial charge in [-0.25, -0.2) is 0 Å². The van der Waals surface area contributed by atoms with E-state index < -0.39 is 0 Å². The van der Waals surface area contributed by atoms with Crippen LogP contribution in [0.2, 0.25) is 10.0 Å². The van der Waals surface area contributed by atoms with Crippen LogP contribution in [0.15, 0.2) is 78.9 Å². The van der Waals surface area contributed by atoms with Gasteiger partial charge in [0, 0.05) is 39.8 Å². The van der Waals surface area contributed by atoms with Gasteiger partial charge in [0.05, 0.1) is 18.8 Å². The molecule has 0 atom stereocenters. The third kappa shape index (κ3) is 4.87. The van der Waals surface area contributed by atoms with Crippen LogP contribution in [-0.2, 0) is 17.9 Å². The van der Waals surface area contributed by atoms with E-state index >= 15 is 0 Å². The van der Waals surface area contributed by atoms with Gasteiger partial charge in [0.1, 0.15) is 6.54 Å². The average Bonchev–Trinajstić information content (AvgIpc) is 3.38. The Morgan fingerprint density at radius 2 is 1.36 bits per heavy atom. The normalized spacial score (nSPS) is 15.2. The Morgan fingerprint density at radius 1 is 0.750 bits per heavy atom. The number of benzene rings is 3. The number of carbonyl (C=O) groups is 3. The summed E-state index contributed by atoms with van der Waals surface area (Å²) in [4.78, 5) is 44.2. The smallest absolute Gasteiger partial charge is 0.254 e. The third-order valence-electron chi connectivity index (χ3n) is 6.39. The number of halogens is 2. The molecule has 0 unspecified atom stereocenters. The molecule has 3 aromatic rings. The summed E-state index contributed by atoms with van der Waals surface area (Å²) in [5, 5.41) is 1.02. The highest BCUT2D eigenvalue weighted by Gasteiger charge is 2.30. The lowest BCUT2D eigenvalue weighted by Gasteiger charge is -2.23. The maximum Gasteiger partial charge on any atom is 0.254 e. The monoisotopic (exact) mass is 519 g/mol. The number of anilines is 1. The summed E-state index contributed by atoms with van der Waals surface area (Å²) in [6.07, 6.45) is 3.95. The molecular weight excluding hydrogens is 497 g/mol. The maximum atomic E-state index is 13.4. The summed E-state index contributed by atoms with van der Waals surface area (Å²) in [5.74, 6) is -0.514. The summed E-state index contributed by atoms with van der Waals surface area (Å²) < 4.78 is 0. The number of carbonyl (C=O) groups excluding carboxylic acids is 3. The molecule has 0 N–H and O–H groups in total. The van der Waals surface area contributed by atoms with Crippen molar-refractivity contribution in [1.29, 1.82) is 0 Å². The lowest BCUT2D eigenvalue weighted by atomic mass is 10.1. The molecule has 36 heavy (non-hydrogen) atoms. The average molecular weight is 520 g/mol. The van der Waals surface area contributed by atoms with Crippen LogP contribution in [-0.4, -0.2) is 47.2 Å². The highest BCUT2D eigenvalue weighted by Crippen LogP contribution is 2.33. The van der Waals surface area contributed by atoms with E-state index in [2.05, 4.69) is 0 Å². The van der Waals surface area contributed by atoms with Crippen LogP contribution in [0, 0.1) is 0 Å². The Kier molecular flexibility index (Phi) is 6.81. The van der Waals surface area contributed by atoms with Gasteiger partial charge in [-0.2, -0.15) is 0 Å². The van der Waals surface area contributed by atoms with E-state index in [1.165, 1.54) is 4.90 Å². The van der Waals surface area contributed by atoms with Crippen LogP contribution < -0.4 is 4.90 Å². The molecular formula is C28H23Cl2N3O3. The minimum atomic E-state index is -0.271. The van der Waals surface area contributed by atoms with E-state index in [0.717, 1.165) is 5.56 Å². The lowest BCUT2D eigenvalue weighted by molar-refractivity contribution is -0.119. The zero-order valence-electron chi connectivity index (χ0n) is 19.4. The van der Waals surface area contributed by atoms with Crippen molar-refractivity contribution in [3.63, 3.8) is 0 Å². The zero-order chi connectivity index (χ0) is 25.2. The van der Waals surface area contributed by atoms with E-state index in [1.54, 1.807) is 58.3 Å². The fourth-order valence-electron chi connectivity index (χ4n) is 4.44. The summed E-state index contributed by atoms with van der Waals surface area (Å²) >= 11 is 12.5. The number of nitrogens with zero attached hydrogens (tertiary/aromatic N) is 3. The largest absolute Gasteiger partial charge is 0.331 e. The van der Waals surface area contributed by atoms with Crippen LogP contribution in [0.4, 0.5) is 5.69 Å². The van der Waals surface area contributed by atoms with Crippen molar-refractivity contribution in [2.45, 2.75) is 13.1 Å². The molecule has 2 aliphatic heterocycles. The van der Waals surface area contributed by atoms with Gasteiger partial charge in [-0.05, 0) is 54.1 Å². The SMILES string of the molecule is O=C(c1ccc(CN2C(=O)CN(C(=O)c3ccc(Cl)cc3)Cc3c(Cl)cccc32)cc1)N1CC=CC1. The van der Waals surface area contributed by atoms with Crippen molar-refractivity contribution in [1.82, 2.24) is 9.80 Å². The molecule has 0 aromatic heterocycles. The van der Waals surface area contributed by atoms with Crippen molar-refractivity contribution in [2.75, 3.05) is 24.5 Å². The third-order valence-corrected chi connectivity index (χ3v) is 6.99. The lowest BCUT2D eigenvalue weighted by Crippen LogP contribution is -2.39. The van der Waals surface area contributed by atoms with Gasteiger partial charge in [0.15, 0.2) is 0 Å². The van der Waals surface area contributed by atoms with E-state index in [-0.39, 0.29) is 37.4 Å². The molecule has 3 amide bonds. The first-order valence-corrected chi connectivity index (χ1v) is 12.3. The van der Waals surface area contributed by atoms with Crippen molar-refractivity contribution in [3.05, 3.63) is 111 Å². The van der Waals surface area contributed by atoms with Gasteiger partial charge in [-0.3, -0.25) is 14.4 Å². The van der Waals surface area contributed by atoms with Gasteiger partial charge in [-0.1, -0.05) is 53.6 Å². The van der Waals surface area contributed by atoms with E-state index in [9.17, 15) is 14.4 Å². The number of amides is 3. The number of hydrogen-bond donors (Lipinski definition) is 0. The molecule has 6 nitrogen and oxygen atoms in total. The minimum Gasteiger partial charge on any atom is -0.331 e. The number of rotatable bonds is 4. The molecule has 0 fully saturated rings. The van der Waals surface area contributed by atoms with Gasteiger partial charge < -0.3 is 14.7 Å². The summed E-state index contributed by atoms with van der Waals surface area (Å²) in [6.45, 7) is 1.63. The molecule has 0 saturated heterocycles. The molecule has 5 rings (SSSR count). The van der Waals surface area contributed by atoms with Gasteiger partial charge >= 0.3 is 0 Å². The van der Waals surface area contributed by atoms with Crippen LogP contribution >= 0.6 is 23.2 Å². The maximum absolute atomic E-state index is 13.4. The summed E-state index contributed by atoms with van der Waals surface area (Å²) in [7, 11) is 0. The Bertz CT molecular complexity index is 1350. The topological polar surface area (TPSA) is 60.9 Å². The zero-order valence-corrected chi connectivity index (χ0v) is 20.9. The molecule has 8 heteroatoms. The van der Waals surface area contributed by atoms with E-state index in [4.69, 9.17) is 23.2 Å². The van der Waals surface area contributed by atoms with Crippen LogP contribution in [0.5, 0.6) is 0 Å². The Balaban J connectivity index is 1.40. The Morgan fingerprint density at radius 3 is 2.03 bits per heavy atom. The molecule has 182 valence electrons. The Labute approximate surface area is 219 Å². The van der Waals surface area contributed by atoms with Crippen LogP contribution in [0.1, 0.15) is 31.8 Å². The van der Waals surface area contributed by atoms with Gasteiger partial charge in [0.2, 0.25) is 5.91 Å². The molecule has 2 heterocycles. The van der Waals surface area contributed by atoms with Crippen molar-refractivity contribution in [2.24, 2.45) is 0 Å². The quantitative estimate of drug-likeness (QED) is 0.445. The summed E-state index contributed by atoms with van der Waals surface area (Å²) in [5.41, 5.74) is 3.29. The van der Waals surface area contributed by atoms with Crippen LogP contribution in [0.25, 0.3) is 0 Å². The second kappa shape index (κ2) is 10.2. The van der Waals surface area contributed by atoms with Crippen molar-refractivity contribution in [3.8, 4) is 0 Å². The Hall–Kier alpha value is -3.61. The summed E-state index contributed by atoms with van der Waals surface area (Å²) in [6, 6.07) is 19.3. The first-order chi connectivity index (χ1) is 17.4.